The third kappa shape index (κ3) is 2.50. The number of hydrogen-bond acceptors (Lipinski definition) is 3. The zero-order valence-electron chi connectivity index (χ0n) is 11.3. The third-order valence-corrected chi connectivity index (χ3v) is 4.49. The van der Waals surface area contributed by atoms with E-state index in [1.165, 1.54) is 43.4 Å². The Labute approximate surface area is 109 Å². The Balaban J connectivity index is 1.65. The molecule has 3 heteroatoms. The summed E-state index contributed by atoms with van der Waals surface area (Å²) in [5.41, 5.74) is 2.66. The molecule has 0 radical (unpaired) electrons. The normalized spacial score (nSPS) is 26.9. The van der Waals surface area contributed by atoms with E-state index >= 15 is 0 Å². The van der Waals surface area contributed by atoms with Crippen LogP contribution in [-0.4, -0.2) is 16.5 Å². The van der Waals surface area contributed by atoms with Gasteiger partial charge in [0.15, 0.2) is 0 Å². The van der Waals surface area contributed by atoms with Gasteiger partial charge in [-0.05, 0) is 50.4 Å². The van der Waals surface area contributed by atoms with Gasteiger partial charge in [-0.3, -0.25) is 0 Å². The Morgan fingerprint density at radius 3 is 2.94 bits per heavy atom. The highest BCUT2D eigenvalue weighted by atomic mass is 15.0. The molecule has 1 N–H and O–H groups in total. The monoisotopic (exact) mass is 245 g/mol. The van der Waals surface area contributed by atoms with E-state index in [-0.39, 0.29) is 0 Å². The van der Waals surface area contributed by atoms with Crippen molar-refractivity contribution in [1.82, 2.24) is 9.97 Å². The third-order valence-electron chi connectivity index (χ3n) is 4.49. The fraction of sp³-hybridized carbons (Fsp3) is 0.733. The first-order chi connectivity index (χ1) is 8.83. The number of fused-ring (bicyclic) bond motifs is 1. The van der Waals surface area contributed by atoms with Gasteiger partial charge in [0.1, 0.15) is 12.1 Å². The van der Waals surface area contributed by atoms with Crippen molar-refractivity contribution in [2.75, 3.05) is 11.9 Å². The molecule has 1 aromatic heterocycles. The summed E-state index contributed by atoms with van der Waals surface area (Å²) in [4.78, 5) is 8.87. The second kappa shape index (κ2) is 5.25. The zero-order valence-corrected chi connectivity index (χ0v) is 11.3. The summed E-state index contributed by atoms with van der Waals surface area (Å²) in [7, 11) is 0. The summed E-state index contributed by atoms with van der Waals surface area (Å²) in [5, 5.41) is 3.58. The Morgan fingerprint density at radius 2 is 2.11 bits per heavy atom. The first-order valence-corrected chi connectivity index (χ1v) is 7.39. The first-order valence-electron chi connectivity index (χ1n) is 7.39. The van der Waals surface area contributed by atoms with Gasteiger partial charge in [0.25, 0.3) is 0 Å². The Hall–Kier alpha value is -1.12. The van der Waals surface area contributed by atoms with Gasteiger partial charge in [-0.15, -0.1) is 0 Å². The summed E-state index contributed by atoms with van der Waals surface area (Å²) in [6.45, 7) is 3.46. The van der Waals surface area contributed by atoms with Gasteiger partial charge >= 0.3 is 0 Å². The van der Waals surface area contributed by atoms with Crippen molar-refractivity contribution in [1.29, 1.82) is 0 Å². The van der Waals surface area contributed by atoms with Gasteiger partial charge < -0.3 is 5.32 Å². The minimum absolute atomic E-state index is 0.842. The van der Waals surface area contributed by atoms with Crippen LogP contribution in [0.1, 0.15) is 50.3 Å². The zero-order chi connectivity index (χ0) is 12.4. The van der Waals surface area contributed by atoms with Crippen LogP contribution in [0.5, 0.6) is 0 Å². The number of anilines is 1. The van der Waals surface area contributed by atoms with Gasteiger partial charge in [-0.1, -0.05) is 13.3 Å². The molecule has 3 nitrogen and oxygen atoms in total. The molecule has 0 aromatic carbocycles. The molecule has 0 saturated heterocycles. The van der Waals surface area contributed by atoms with E-state index in [0.717, 1.165) is 37.0 Å². The van der Waals surface area contributed by atoms with Crippen molar-refractivity contribution in [3.05, 3.63) is 17.6 Å². The molecule has 1 heterocycles. The quantitative estimate of drug-likeness (QED) is 0.888. The molecule has 0 spiro atoms. The van der Waals surface area contributed by atoms with Crippen molar-refractivity contribution in [2.45, 2.75) is 51.9 Å². The standard InChI is InChI=1S/C15H23N3/c1-11-6-7-12(8-11)9-16-15-13-4-2-3-5-14(13)17-10-18-15/h10-12H,2-9H2,1H3,(H,16,17,18). The summed E-state index contributed by atoms with van der Waals surface area (Å²) >= 11 is 0. The Bertz CT molecular complexity index is 416. The molecule has 2 aliphatic carbocycles. The van der Waals surface area contributed by atoms with Crippen molar-refractivity contribution >= 4 is 5.82 Å². The summed E-state index contributed by atoms with van der Waals surface area (Å²) in [5.74, 6) is 2.87. The largest absolute Gasteiger partial charge is 0.369 e. The number of hydrogen-bond donors (Lipinski definition) is 1. The predicted octanol–water partition coefficient (Wildman–Crippen LogP) is 3.20. The Morgan fingerprint density at radius 1 is 1.22 bits per heavy atom. The van der Waals surface area contributed by atoms with Crippen molar-refractivity contribution in [3.63, 3.8) is 0 Å². The highest BCUT2D eigenvalue weighted by molar-refractivity contribution is 5.46. The van der Waals surface area contributed by atoms with Crippen LogP contribution >= 0.6 is 0 Å². The minimum atomic E-state index is 0.842. The van der Waals surface area contributed by atoms with Crippen LogP contribution < -0.4 is 5.32 Å². The molecule has 3 rings (SSSR count). The maximum atomic E-state index is 4.45. The van der Waals surface area contributed by atoms with Crippen molar-refractivity contribution in [3.8, 4) is 0 Å². The summed E-state index contributed by atoms with van der Waals surface area (Å²) in [6, 6.07) is 0. The lowest BCUT2D eigenvalue weighted by molar-refractivity contribution is 0.536. The topological polar surface area (TPSA) is 37.8 Å². The Kier molecular flexibility index (Phi) is 3.48. The molecule has 2 unspecified atom stereocenters. The fourth-order valence-electron chi connectivity index (χ4n) is 3.42. The van der Waals surface area contributed by atoms with E-state index in [1.807, 2.05) is 0 Å². The van der Waals surface area contributed by atoms with E-state index in [9.17, 15) is 0 Å². The molecule has 1 aromatic rings. The summed E-state index contributed by atoms with van der Waals surface area (Å²) in [6.07, 6.45) is 10.7. The molecular formula is C15H23N3. The molecule has 1 fully saturated rings. The number of nitrogens with zero attached hydrogens (tertiary/aromatic N) is 2. The van der Waals surface area contributed by atoms with E-state index in [4.69, 9.17) is 0 Å². The van der Waals surface area contributed by atoms with Crippen LogP contribution in [0.15, 0.2) is 6.33 Å². The number of rotatable bonds is 3. The van der Waals surface area contributed by atoms with E-state index < -0.39 is 0 Å². The van der Waals surface area contributed by atoms with Crippen molar-refractivity contribution in [2.24, 2.45) is 11.8 Å². The molecule has 2 atom stereocenters. The number of aryl methyl sites for hydroxylation is 1. The van der Waals surface area contributed by atoms with Crippen LogP contribution in [0.3, 0.4) is 0 Å². The van der Waals surface area contributed by atoms with Crippen LogP contribution in [0.25, 0.3) is 0 Å². The lowest BCUT2D eigenvalue weighted by Gasteiger charge is -2.19. The lowest BCUT2D eigenvalue weighted by atomic mass is 9.96. The number of aromatic nitrogens is 2. The van der Waals surface area contributed by atoms with Crippen molar-refractivity contribution < 1.29 is 0 Å². The lowest BCUT2D eigenvalue weighted by Crippen LogP contribution is -2.16. The minimum Gasteiger partial charge on any atom is -0.369 e. The molecule has 18 heavy (non-hydrogen) atoms. The highest BCUT2D eigenvalue weighted by Gasteiger charge is 2.22. The second-order valence-corrected chi connectivity index (χ2v) is 6.02. The maximum Gasteiger partial charge on any atom is 0.132 e. The van der Waals surface area contributed by atoms with Gasteiger partial charge in [0, 0.05) is 17.8 Å². The average Bonchev–Trinajstić information content (AvgIpc) is 2.82. The van der Waals surface area contributed by atoms with Crippen LogP contribution in [0, 0.1) is 11.8 Å². The number of nitrogens with one attached hydrogen (secondary N) is 1. The predicted molar refractivity (Wildman–Crippen MR) is 73.7 cm³/mol. The van der Waals surface area contributed by atoms with E-state index in [1.54, 1.807) is 6.33 Å². The van der Waals surface area contributed by atoms with Gasteiger partial charge in [0.05, 0.1) is 0 Å². The van der Waals surface area contributed by atoms with Crippen LogP contribution in [-0.2, 0) is 12.8 Å². The summed E-state index contributed by atoms with van der Waals surface area (Å²) < 4.78 is 0. The van der Waals surface area contributed by atoms with Crippen LogP contribution in [0.4, 0.5) is 5.82 Å². The highest BCUT2D eigenvalue weighted by Crippen LogP contribution is 2.31. The van der Waals surface area contributed by atoms with Gasteiger partial charge in [-0.25, -0.2) is 9.97 Å². The average molecular weight is 245 g/mol. The van der Waals surface area contributed by atoms with E-state index in [0.29, 0.717) is 0 Å². The molecule has 0 bridgehead atoms. The maximum absolute atomic E-state index is 4.45. The SMILES string of the molecule is CC1CCC(CNc2ncnc3c2CCCC3)C1. The molecule has 0 aliphatic heterocycles. The molecule has 98 valence electrons. The van der Waals surface area contributed by atoms with Crippen LogP contribution in [0.2, 0.25) is 0 Å². The van der Waals surface area contributed by atoms with Gasteiger partial charge in [0.2, 0.25) is 0 Å². The second-order valence-electron chi connectivity index (χ2n) is 6.02. The van der Waals surface area contributed by atoms with E-state index in [2.05, 4.69) is 22.2 Å². The molecule has 0 amide bonds. The smallest absolute Gasteiger partial charge is 0.132 e. The molecule has 2 aliphatic rings. The first kappa shape index (κ1) is 11.9. The molecule has 1 saturated carbocycles. The van der Waals surface area contributed by atoms with Gasteiger partial charge in [-0.2, -0.15) is 0 Å². The molecular weight excluding hydrogens is 222 g/mol. The fourth-order valence-corrected chi connectivity index (χ4v) is 3.42.